The number of carboxylic acids is 1. The van der Waals surface area contributed by atoms with Crippen LogP contribution >= 0.6 is 22.9 Å². The van der Waals surface area contributed by atoms with Crippen LogP contribution in [0.3, 0.4) is 0 Å². The van der Waals surface area contributed by atoms with E-state index < -0.39 is 5.97 Å². The highest BCUT2D eigenvalue weighted by Gasteiger charge is 2.19. The van der Waals surface area contributed by atoms with Crippen LogP contribution in [0.4, 0.5) is 0 Å². The maximum absolute atomic E-state index is 11.6. The molecule has 0 aliphatic carbocycles. The molecule has 0 atom stereocenters. The van der Waals surface area contributed by atoms with Gasteiger partial charge in [0.05, 0.1) is 23.6 Å². The number of rotatable bonds is 5. The summed E-state index contributed by atoms with van der Waals surface area (Å²) < 4.78 is 12.5. The molecule has 0 aliphatic rings. The molecule has 0 saturated heterocycles. The molecular weight excluding hydrogens is 376 g/mol. The second-order valence-electron chi connectivity index (χ2n) is 5.71. The number of hydrogen-bond acceptors (Lipinski definition) is 5. The highest BCUT2D eigenvalue weighted by Crippen LogP contribution is 2.35. The topological polar surface area (TPSA) is 77.5 Å². The Hall–Kier alpha value is -2.77. The second-order valence-corrected chi connectivity index (χ2v) is 7.15. The van der Waals surface area contributed by atoms with Crippen molar-refractivity contribution in [1.29, 1.82) is 0 Å². The van der Waals surface area contributed by atoms with E-state index in [9.17, 15) is 9.90 Å². The molecule has 0 unspecified atom stereocenters. The number of aromatic nitrogens is 2. The third kappa shape index (κ3) is 2.95. The first kappa shape index (κ1) is 16.7. The number of hydrogen-bond donors (Lipinski definition) is 1. The van der Waals surface area contributed by atoms with Gasteiger partial charge in [0.15, 0.2) is 4.88 Å². The highest BCUT2D eigenvalue weighted by molar-refractivity contribution is 7.16. The summed E-state index contributed by atoms with van der Waals surface area (Å²) in [6.45, 7) is 2.14. The quantitative estimate of drug-likeness (QED) is 0.525. The molecule has 1 N–H and O–H groups in total. The largest absolute Gasteiger partial charge is 0.487 e. The summed E-state index contributed by atoms with van der Waals surface area (Å²) >= 11 is 7.28. The first-order valence-electron chi connectivity index (χ1n) is 7.67. The molecular formula is C18H13ClN2O4S. The van der Waals surface area contributed by atoms with E-state index in [1.165, 1.54) is 0 Å². The SMILES string of the molecule is Cc1cc2c(cc1Cl)ncn2-c1cc(OCc2ccoc2)c(C(=O)O)s1. The smallest absolute Gasteiger partial charge is 0.349 e. The van der Waals surface area contributed by atoms with Gasteiger partial charge in [0.25, 0.3) is 0 Å². The second kappa shape index (κ2) is 6.51. The van der Waals surface area contributed by atoms with Crippen molar-refractivity contribution in [3.8, 4) is 10.8 Å². The van der Waals surface area contributed by atoms with Crippen LogP contribution in [0, 0.1) is 6.92 Å². The standard InChI is InChI=1S/C18H13ClN2O4S/c1-10-4-14-13(5-12(10)19)20-9-21(14)16-6-15(17(26-16)18(22)23)25-8-11-2-3-24-7-11/h2-7,9H,8H2,1H3,(H,22,23). The van der Waals surface area contributed by atoms with Crippen LogP contribution in [0.25, 0.3) is 16.0 Å². The fourth-order valence-corrected chi connectivity index (χ4v) is 3.67. The van der Waals surface area contributed by atoms with Crippen molar-refractivity contribution >= 4 is 39.9 Å². The average molecular weight is 389 g/mol. The molecule has 8 heteroatoms. The van der Waals surface area contributed by atoms with Gasteiger partial charge in [-0.3, -0.25) is 4.57 Å². The zero-order valence-electron chi connectivity index (χ0n) is 13.6. The number of benzene rings is 1. The lowest BCUT2D eigenvalue weighted by atomic mass is 10.2. The van der Waals surface area contributed by atoms with E-state index in [2.05, 4.69) is 4.98 Å². The van der Waals surface area contributed by atoms with E-state index in [-0.39, 0.29) is 11.5 Å². The van der Waals surface area contributed by atoms with Gasteiger partial charge < -0.3 is 14.3 Å². The molecule has 3 aromatic heterocycles. The van der Waals surface area contributed by atoms with E-state index in [4.69, 9.17) is 20.8 Å². The Kier molecular flexibility index (Phi) is 4.18. The highest BCUT2D eigenvalue weighted by atomic mass is 35.5. The zero-order valence-corrected chi connectivity index (χ0v) is 15.2. The van der Waals surface area contributed by atoms with E-state index in [0.717, 1.165) is 33.5 Å². The Morgan fingerprint density at radius 2 is 2.27 bits per heavy atom. The number of fused-ring (bicyclic) bond motifs is 1. The number of thiophene rings is 1. The van der Waals surface area contributed by atoms with Crippen molar-refractivity contribution in [1.82, 2.24) is 9.55 Å². The predicted molar refractivity (Wildman–Crippen MR) is 98.7 cm³/mol. The summed E-state index contributed by atoms with van der Waals surface area (Å²) in [5, 5.41) is 10.8. The van der Waals surface area contributed by atoms with Crippen molar-refractivity contribution in [2.75, 3.05) is 0 Å². The summed E-state index contributed by atoms with van der Waals surface area (Å²) in [5.41, 5.74) is 3.35. The normalized spacial score (nSPS) is 11.2. The van der Waals surface area contributed by atoms with Gasteiger partial charge in [-0.05, 0) is 30.7 Å². The Morgan fingerprint density at radius 3 is 3.00 bits per heavy atom. The number of ether oxygens (including phenoxy) is 1. The number of aryl methyl sites for hydroxylation is 1. The van der Waals surface area contributed by atoms with Crippen molar-refractivity contribution in [3.63, 3.8) is 0 Å². The molecule has 4 rings (SSSR count). The summed E-state index contributed by atoms with van der Waals surface area (Å²) in [6, 6.07) is 7.20. The first-order chi connectivity index (χ1) is 12.5. The van der Waals surface area contributed by atoms with Gasteiger partial charge in [-0.2, -0.15) is 0 Å². The minimum absolute atomic E-state index is 0.135. The summed E-state index contributed by atoms with van der Waals surface area (Å²) in [4.78, 5) is 16.1. The van der Waals surface area contributed by atoms with E-state index in [1.54, 1.807) is 37.1 Å². The Morgan fingerprint density at radius 1 is 1.42 bits per heavy atom. The van der Waals surface area contributed by atoms with Gasteiger partial charge in [0.1, 0.15) is 23.7 Å². The number of furan rings is 1. The number of carbonyl (C=O) groups is 1. The molecule has 0 amide bonds. The molecule has 1 aromatic carbocycles. The summed E-state index contributed by atoms with van der Waals surface area (Å²) in [7, 11) is 0. The number of imidazole rings is 1. The van der Waals surface area contributed by atoms with Crippen LogP contribution < -0.4 is 4.74 Å². The van der Waals surface area contributed by atoms with Crippen LogP contribution in [0.15, 0.2) is 47.5 Å². The van der Waals surface area contributed by atoms with Gasteiger partial charge in [-0.1, -0.05) is 11.6 Å². The number of nitrogens with zero attached hydrogens (tertiary/aromatic N) is 2. The molecule has 4 aromatic rings. The third-order valence-electron chi connectivity index (χ3n) is 3.92. The maximum Gasteiger partial charge on any atom is 0.349 e. The number of halogens is 1. The van der Waals surface area contributed by atoms with Crippen LogP contribution in [0.5, 0.6) is 5.75 Å². The van der Waals surface area contributed by atoms with Crippen molar-refractivity contribution in [2.45, 2.75) is 13.5 Å². The summed E-state index contributed by atoms with van der Waals surface area (Å²) in [5.74, 6) is -0.724. The number of aromatic carboxylic acids is 1. The molecule has 0 radical (unpaired) electrons. The first-order valence-corrected chi connectivity index (χ1v) is 8.87. The van der Waals surface area contributed by atoms with Gasteiger partial charge >= 0.3 is 5.97 Å². The monoisotopic (exact) mass is 388 g/mol. The average Bonchev–Trinajstić information content (AvgIpc) is 3.32. The van der Waals surface area contributed by atoms with Crippen LogP contribution in [0.2, 0.25) is 5.02 Å². The molecule has 0 bridgehead atoms. The molecule has 0 spiro atoms. The molecule has 132 valence electrons. The van der Waals surface area contributed by atoms with E-state index >= 15 is 0 Å². The lowest BCUT2D eigenvalue weighted by Gasteiger charge is -2.03. The molecule has 0 fully saturated rings. The molecule has 0 saturated carbocycles. The van der Waals surface area contributed by atoms with Crippen LogP contribution in [-0.2, 0) is 6.61 Å². The van der Waals surface area contributed by atoms with Crippen molar-refractivity contribution in [2.24, 2.45) is 0 Å². The van der Waals surface area contributed by atoms with Crippen LogP contribution in [-0.4, -0.2) is 20.6 Å². The van der Waals surface area contributed by atoms with E-state index in [1.807, 2.05) is 17.6 Å². The zero-order chi connectivity index (χ0) is 18.3. The van der Waals surface area contributed by atoms with Crippen molar-refractivity contribution in [3.05, 3.63) is 64.1 Å². The van der Waals surface area contributed by atoms with Gasteiger partial charge in [0.2, 0.25) is 0 Å². The van der Waals surface area contributed by atoms with Crippen LogP contribution in [0.1, 0.15) is 20.8 Å². The van der Waals surface area contributed by atoms with Gasteiger partial charge in [-0.15, -0.1) is 11.3 Å². The lowest BCUT2D eigenvalue weighted by molar-refractivity contribution is 0.0697. The Balaban J connectivity index is 1.74. The predicted octanol–water partition coefficient (Wildman–Crippen LogP) is 4.92. The fourth-order valence-electron chi connectivity index (χ4n) is 2.58. The Labute approximate surface area is 157 Å². The molecule has 0 aliphatic heterocycles. The molecule has 6 nitrogen and oxygen atoms in total. The number of carboxylic acid groups (broad SMARTS) is 1. The maximum atomic E-state index is 11.6. The van der Waals surface area contributed by atoms with Crippen molar-refractivity contribution < 1.29 is 19.1 Å². The fraction of sp³-hybridized carbons (Fsp3) is 0.111. The minimum atomic E-state index is -1.04. The van der Waals surface area contributed by atoms with Gasteiger partial charge in [0, 0.05) is 16.7 Å². The third-order valence-corrected chi connectivity index (χ3v) is 5.43. The van der Waals surface area contributed by atoms with Gasteiger partial charge in [-0.25, -0.2) is 9.78 Å². The molecule has 26 heavy (non-hydrogen) atoms. The molecule has 3 heterocycles. The Bertz CT molecular complexity index is 1100. The van der Waals surface area contributed by atoms with E-state index in [0.29, 0.717) is 15.8 Å². The summed E-state index contributed by atoms with van der Waals surface area (Å²) in [6.07, 6.45) is 4.75. The lowest BCUT2D eigenvalue weighted by Crippen LogP contribution is -1.99. The minimum Gasteiger partial charge on any atom is -0.487 e.